The average molecular weight is 330 g/mol. The summed E-state index contributed by atoms with van der Waals surface area (Å²) >= 11 is 0. The van der Waals surface area contributed by atoms with E-state index in [9.17, 15) is 14.4 Å². The highest BCUT2D eigenvalue weighted by Gasteiger charge is 2.49. The molecule has 1 N–H and O–H groups in total. The second-order valence-electron chi connectivity index (χ2n) is 6.24. The van der Waals surface area contributed by atoms with Crippen LogP contribution in [0.1, 0.15) is 36.5 Å². The summed E-state index contributed by atoms with van der Waals surface area (Å²) in [6.45, 7) is 3.61. The zero-order chi connectivity index (χ0) is 17.1. The Morgan fingerprint density at radius 3 is 2.58 bits per heavy atom. The van der Waals surface area contributed by atoms with Crippen molar-refractivity contribution in [3.8, 4) is 0 Å². The van der Waals surface area contributed by atoms with E-state index in [1.807, 2.05) is 4.90 Å². The second-order valence-corrected chi connectivity index (χ2v) is 6.24. The van der Waals surface area contributed by atoms with Gasteiger partial charge in [0.2, 0.25) is 11.8 Å². The van der Waals surface area contributed by atoms with Crippen LogP contribution < -0.4 is 5.32 Å². The van der Waals surface area contributed by atoms with E-state index in [1.54, 1.807) is 31.2 Å². The number of nitrogens with zero attached hydrogens (tertiary/aromatic N) is 1. The van der Waals surface area contributed by atoms with Gasteiger partial charge in [0.05, 0.1) is 29.7 Å². The summed E-state index contributed by atoms with van der Waals surface area (Å²) in [5.74, 6) is -1.09. The number of carbonyl (C=O) groups excluding carboxylic acids is 3. The Hall–Kier alpha value is -2.37. The second kappa shape index (κ2) is 7.03. The van der Waals surface area contributed by atoms with Crippen LogP contribution in [0, 0.1) is 11.8 Å². The number of hydrogen-bond acceptors (Lipinski definition) is 4. The minimum absolute atomic E-state index is 0.0892. The van der Waals surface area contributed by atoms with Crippen molar-refractivity contribution in [2.45, 2.75) is 26.2 Å². The number of hydrogen-bond donors (Lipinski definition) is 1. The van der Waals surface area contributed by atoms with Crippen molar-refractivity contribution >= 4 is 23.5 Å². The molecule has 2 fully saturated rings. The van der Waals surface area contributed by atoms with Gasteiger partial charge in [0.1, 0.15) is 0 Å². The molecule has 0 radical (unpaired) electrons. The highest BCUT2D eigenvalue weighted by atomic mass is 16.5. The van der Waals surface area contributed by atoms with Crippen molar-refractivity contribution in [1.29, 1.82) is 0 Å². The summed E-state index contributed by atoms with van der Waals surface area (Å²) in [5.41, 5.74) is 0.760. The summed E-state index contributed by atoms with van der Waals surface area (Å²) in [6.07, 6.45) is 2.67. The van der Waals surface area contributed by atoms with Crippen molar-refractivity contribution in [3.63, 3.8) is 0 Å². The number of ether oxygens (including phenoxy) is 1. The highest BCUT2D eigenvalue weighted by molar-refractivity contribution is 6.04. The van der Waals surface area contributed by atoms with Crippen LogP contribution in [0.25, 0.3) is 0 Å². The van der Waals surface area contributed by atoms with Crippen LogP contribution in [0.4, 0.5) is 5.69 Å². The van der Waals surface area contributed by atoms with E-state index in [0.717, 1.165) is 25.9 Å². The third-order valence-corrected chi connectivity index (χ3v) is 4.54. The van der Waals surface area contributed by atoms with Gasteiger partial charge in [0.25, 0.3) is 0 Å². The van der Waals surface area contributed by atoms with Crippen molar-refractivity contribution in [1.82, 2.24) is 4.90 Å². The molecule has 128 valence electrons. The highest BCUT2D eigenvalue weighted by Crippen LogP contribution is 2.41. The number of rotatable bonds is 5. The van der Waals surface area contributed by atoms with E-state index in [2.05, 4.69) is 5.32 Å². The van der Waals surface area contributed by atoms with Crippen molar-refractivity contribution in [2.24, 2.45) is 11.8 Å². The number of esters is 1. The zero-order valence-electron chi connectivity index (χ0n) is 13.8. The van der Waals surface area contributed by atoms with Gasteiger partial charge in [-0.05, 0) is 38.3 Å². The first-order valence-electron chi connectivity index (χ1n) is 8.47. The standard InChI is InChI=1S/C18H22N2O4/c1-2-24-18(23)12-7-3-4-8-15(12)19-16(21)13-11-14(13)17(22)20-9-5-6-10-20/h3-4,7-8,13-14H,2,5-6,9-11H2,1H3,(H,19,21). The van der Waals surface area contributed by atoms with E-state index >= 15 is 0 Å². The maximum absolute atomic E-state index is 12.4. The first-order valence-corrected chi connectivity index (χ1v) is 8.47. The normalized spacial score (nSPS) is 22.1. The molecule has 1 aliphatic heterocycles. The summed E-state index contributed by atoms with van der Waals surface area (Å²) in [6, 6.07) is 6.76. The molecule has 1 heterocycles. The molecule has 6 heteroatoms. The average Bonchev–Trinajstić information content (AvgIpc) is 3.20. The molecular formula is C18H22N2O4. The molecule has 0 bridgehead atoms. The van der Waals surface area contributed by atoms with Gasteiger partial charge in [-0.15, -0.1) is 0 Å². The summed E-state index contributed by atoms with van der Waals surface area (Å²) in [7, 11) is 0. The quantitative estimate of drug-likeness (QED) is 0.839. The minimum Gasteiger partial charge on any atom is -0.462 e. The molecule has 2 aliphatic rings. The number of anilines is 1. The van der Waals surface area contributed by atoms with Gasteiger partial charge in [-0.2, -0.15) is 0 Å². The fourth-order valence-corrected chi connectivity index (χ4v) is 3.13. The van der Waals surface area contributed by atoms with Crippen LogP contribution in [0.15, 0.2) is 24.3 Å². The molecular weight excluding hydrogens is 308 g/mol. The lowest BCUT2D eigenvalue weighted by atomic mass is 10.1. The summed E-state index contributed by atoms with van der Waals surface area (Å²) < 4.78 is 5.00. The Bertz CT molecular complexity index is 652. The monoisotopic (exact) mass is 330 g/mol. The van der Waals surface area contributed by atoms with E-state index in [-0.39, 0.29) is 30.3 Å². The first-order chi connectivity index (χ1) is 11.6. The number of amides is 2. The maximum Gasteiger partial charge on any atom is 0.340 e. The van der Waals surface area contributed by atoms with Gasteiger partial charge in [-0.1, -0.05) is 12.1 Å². The van der Waals surface area contributed by atoms with E-state index in [4.69, 9.17) is 4.74 Å². The molecule has 6 nitrogen and oxygen atoms in total. The molecule has 2 amide bonds. The van der Waals surface area contributed by atoms with Crippen molar-refractivity contribution in [3.05, 3.63) is 29.8 Å². The fraction of sp³-hybridized carbons (Fsp3) is 0.500. The first kappa shape index (κ1) is 16.5. The molecule has 3 rings (SSSR count). The number of para-hydroxylation sites is 1. The number of carbonyl (C=O) groups is 3. The van der Waals surface area contributed by atoms with Crippen molar-refractivity contribution < 1.29 is 19.1 Å². The Kier molecular flexibility index (Phi) is 4.83. The Morgan fingerprint density at radius 2 is 1.88 bits per heavy atom. The molecule has 24 heavy (non-hydrogen) atoms. The molecule has 1 aromatic carbocycles. The molecule has 2 unspecified atom stereocenters. The minimum atomic E-state index is -0.464. The largest absolute Gasteiger partial charge is 0.462 e. The number of likely N-dealkylation sites (tertiary alicyclic amines) is 1. The van der Waals surface area contributed by atoms with E-state index in [0.29, 0.717) is 17.7 Å². The molecule has 0 spiro atoms. The van der Waals surface area contributed by atoms with E-state index in [1.165, 1.54) is 0 Å². The number of benzene rings is 1. The van der Waals surface area contributed by atoms with Crippen LogP contribution in [0.5, 0.6) is 0 Å². The molecule has 1 aromatic rings. The lowest BCUT2D eigenvalue weighted by Crippen LogP contribution is -2.30. The molecule has 0 aromatic heterocycles. The van der Waals surface area contributed by atoms with Gasteiger partial charge < -0.3 is 15.0 Å². The topological polar surface area (TPSA) is 75.7 Å². The molecule has 2 atom stereocenters. The lowest BCUT2D eigenvalue weighted by molar-refractivity contribution is -0.133. The predicted molar refractivity (Wildman–Crippen MR) is 88.4 cm³/mol. The van der Waals surface area contributed by atoms with Crippen LogP contribution in [-0.2, 0) is 14.3 Å². The zero-order valence-corrected chi connectivity index (χ0v) is 13.8. The van der Waals surface area contributed by atoms with Gasteiger partial charge >= 0.3 is 5.97 Å². The van der Waals surface area contributed by atoms with Crippen LogP contribution in [0.2, 0.25) is 0 Å². The predicted octanol–water partition coefficient (Wildman–Crippen LogP) is 2.06. The fourth-order valence-electron chi connectivity index (χ4n) is 3.13. The third-order valence-electron chi connectivity index (χ3n) is 4.54. The van der Waals surface area contributed by atoms with Gasteiger partial charge in [-0.25, -0.2) is 4.79 Å². The van der Waals surface area contributed by atoms with Crippen LogP contribution in [0.3, 0.4) is 0 Å². The third kappa shape index (κ3) is 3.42. The summed E-state index contributed by atoms with van der Waals surface area (Å²) in [5, 5.41) is 2.78. The van der Waals surface area contributed by atoms with Gasteiger partial charge in [-0.3, -0.25) is 9.59 Å². The smallest absolute Gasteiger partial charge is 0.340 e. The van der Waals surface area contributed by atoms with Crippen LogP contribution in [-0.4, -0.2) is 42.4 Å². The molecule has 1 saturated carbocycles. The Labute approximate surface area is 141 Å². The summed E-state index contributed by atoms with van der Waals surface area (Å²) in [4.78, 5) is 38.5. The molecule has 1 saturated heterocycles. The SMILES string of the molecule is CCOC(=O)c1ccccc1NC(=O)C1CC1C(=O)N1CCCC1. The van der Waals surface area contributed by atoms with E-state index < -0.39 is 5.97 Å². The maximum atomic E-state index is 12.4. The molecule has 1 aliphatic carbocycles. The van der Waals surface area contributed by atoms with Crippen molar-refractivity contribution in [2.75, 3.05) is 25.0 Å². The Balaban J connectivity index is 1.62. The number of nitrogens with one attached hydrogen (secondary N) is 1. The van der Waals surface area contributed by atoms with Gasteiger partial charge in [0, 0.05) is 13.1 Å². The lowest BCUT2D eigenvalue weighted by Gasteiger charge is -2.15. The van der Waals surface area contributed by atoms with Gasteiger partial charge in [0.15, 0.2) is 0 Å². The van der Waals surface area contributed by atoms with Crippen LogP contribution >= 0.6 is 0 Å². The Morgan fingerprint density at radius 1 is 1.17 bits per heavy atom.